The monoisotopic (exact) mass is 436 g/mol. The molecule has 0 fully saturated rings. The molecule has 1 aromatic rings. The van der Waals surface area contributed by atoms with E-state index in [0.717, 1.165) is 5.56 Å². The highest BCUT2D eigenvalue weighted by molar-refractivity contribution is 5.87. The Bertz CT molecular complexity index is 704. The summed E-state index contributed by atoms with van der Waals surface area (Å²) in [5.74, 6) is -0.0895. The van der Waals surface area contributed by atoms with E-state index in [4.69, 9.17) is 9.47 Å². The fourth-order valence-corrected chi connectivity index (χ4v) is 2.67. The number of rotatable bonds is 10. The second-order valence-corrected chi connectivity index (χ2v) is 8.61. The van der Waals surface area contributed by atoms with E-state index in [9.17, 15) is 14.4 Å². The Hall–Kier alpha value is -2.81. The number of amides is 4. The summed E-state index contributed by atoms with van der Waals surface area (Å²) in [6.45, 7) is 9.47. The van der Waals surface area contributed by atoms with Crippen molar-refractivity contribution >= 4 is 18.0 Å². The van der Waals surface area contributed by atoms with Crippen molar-refractivity contribution in [1.29, 1.82) is 0 Å². The molecule has 2 atom stereocenters. The zero-order chi connectivity index (χ0) is 23.4. The maximum absolute atomic E-state index is 12.5. The molecule has 31 heavy (non-hydrogen) atoms. The predicted octanol–water partition coefficient (Wildman–Crippen LogP) is 2.51. The van der Waals surface area contributed by atoms with Crippen LogP contribution in [0.5, 0.6) is 0 Å². The third kappa shape index (κ3) is 11.8. The molecule has 0 bridgehead atoms. The first-order valence-electron chi connectivity index (χ1n) is 10.4. The zero-order valence-corrected chi connectivity index (χ0v) is 19.3. The minimum Gasteiger partial charge on any atom is -0.444 e. The van der Waals surface area contributed by atoms with Crippen LogP contribution in [0.4, 0.5) is 9.59 Å². The van der Waals surface area contributed by atoms with Crippen molar-refractivity contribution in [3.63, 3.8) is 0 Å². The molecule has 174 valence electrons. The average molecular weight is 437 g/mol. The van der Waals surface area contributed by atoms with Gasteiger partial charge in [-0.3, -0.25) is 10.1 Å². The molecule has 9 nitrogen and oxygen atoms in total. The lowest BCUT2D eigenvalue weighted by Gasteiger charge is -2.25. The summed E-state index contributed by atoms with van der Waals surface area (Å²) in [5.41, 5.74) is 0.267. The van der Waals surface area contributed by atoms with E-state index < -0.39 is 29.9 Å². The normalized spacial score (nSPS) is 13.1. The molecular weight excluding hydrogens is 400 g/mol. The molecule has 0 heterocycles. The Morgan fingerprint density at radius 1 is 1.00 bits per heavy atom. The predicted molar refractivity (Wildman–Crippen MR) is 118 cm³/mol. The molecule has 0 saturated carbocycles. The van der Waals surface area contributed by atoms with Gasteiger partial charge in [0.15, 0.2) is 0 Å². The first kappa shape index (κ1) is 26.2. The van der Waals surface area contributed by atoms with Gasteiger partial charge in [-0.25, -0.2) is 9.59 Å². The first-order valence-corrected chi connectivity index (χ1v) is 10.4. The summed E-state index contributed by atoms with van der Waals surface area (Å²) in [7, 11) is 1.51. The topological polar surface area (TPSA) is 118 Å². The molecule has 9 heteroatoms. The second kappa shape index (κ2) is 12.8. The van der Waals surface area contributed by atoms with Crippen LogP contribution in [0.1, 0.15) is 46.6 Å². The van der Waals surface area contributed by atoms with E-state index >= 15 is 0 Å². The zero-order valence-electron chi connectivity index (χ0n) is 19.3. The van der Waals surface area contributed by atoms with Crippen LogP contribution < -0.4 is 21.3 Å². The number of carbonyl (C=O) groups excluding carboxylic acids is 3. The lowest BCUT2D eigenvalue weighted by Crippen LogP contribution is -2.57. The molecule has 0 aliphatic rings. The van der Waals surface area contributed by atoms with Crippen LogP contribution in [0.25, 0.3) is 0 Å². The van der Waals surface area contributed by atoms with Crippen molar-refractivity contribution in [2.24, 2.45) is 5.92 Å². The molecule has 0 aromatic heterocycles. The maximum Gasteiger partial charge on any atom is 0.409 e. The number of ether oxygens (including phenoxy) is 2. The molecule has 4 N–H and O–H groups in total. The Morgan fingerprint density at radius 2 is 1.65 bits per heavy atom. The van der Waals surface area contributed by atoms with Crippen molar-refractivity contribution in [2.45, 2.75) is 65.5 Å². The highest BCUT2D eigenvalue weighted by atomic mass is 16.6. The van der Waals surface area contributed by atoms with Crippen LogP contribution >= 0.6 is 0 Å². The lowest BCUT2D eigenvalue weighted by atomic mass is 10.0. The summed E-state index contributed by atoms with van der Waals surface area (Å²) >= 11 is 0. The number of benzene rings is 1. The van der Waals surface area contributed by atoms with Gasteiger partial charge in [-0.05, 0) is 38.7 Å². The van der Waals surface area contributed by atoms with Crippen molar-refractivity contribution < 1.29 is 23.9 Å². The van der Waals surface area contributed by atoms with Crippen LogP contribution in [0.2, 0.25) is 0 Å². The number of hydrogen-bond acceptors (Lipinski definition) is 5. The van der Waals surface area contributed by atoms with Crippen molar-refractivity contribution in [1.82, 2.24) is 21.3 Å². The van der Waals surface area contributed by atoms with Gasteiger partial charge in [0.05, 0.1) is 13.2 Å². The fourth-order valence-electron chi connectivity index (χ4n) is 2.67. The van der Waals surface area contributed by atoms with Crippen LogP contribution in [0, 0.1) is 5.92 Å². The van der Waals surface area contributed by atoms with Gasteiger partial charge in [-0.2, -0.15) is 0 Å². The SMILES string of the molecule is CNC(=O)[C@H](CC(C)C)NC(=O)N[C@H](COCc1ccccc1)NC(=O)OC(C)(C)C. The molecule has 1 aromatic carbocycles. The number of likely N-dealkylation sites (N-methyl/N-ethyl adjacent to an activating group) is 1. The Morgan fingerprint density at radius 3 is 2.19 bits per heavy atom. The van der Waals surface area contributed by atoms with Gasteiger partial charge in [0.2, 0.25) is 5.91 Å². The maximum atomic E-state index is 12.5. The third-order valence-corrected chi connectivity index (χ3v) is 3.97. The van der Waals surface area contributed by atoms with Crippen LogP contribution in [-0.4, -0.2) is 49.5 Å². The minimum atomic E-state index is -0.858. The number of nitrogens with one attached hydrogen (secondary N) is 4. The second-order valence-electron chi connectivity index (χ2n) is 8.61. The molecule has 0 saturated heterocycles. The lowest BCUT2D eigenvalue weighted by molar-refractivity contribution is -0.122. The molecule has 0 radical (unpaired) electrons. The number of alkyl carbamates (subject to hydrolysis) is 1. The Kier molecular flexibility index (Phi) is 10.8. The summed E-state index contributed by atoms with van der Waals surface area (Å²) in [6.07, 6.45) is -1.07. The fraction of sp³-hybridized carbons (Fsp3) is 0.591. The average Bonchev–Trinajstić information content (AvgIpc) is 2.65. The third-order valence-electron chi connectivity index (χ3n) is 3.97. The standard InChI is InChI=1S/C22H36N4O5/c1-15(2)12-17(19(27)23-6)24-20(28)25-18(26-21(29)31-22(3,4)5)14-30-13-16-10-8-7-9-11-16/h7-11,15,17-18H,12-14H2,1-6H3,(H,23,27)(H,26,29)(H2,24,25,28)/t17-,18-/m0/s1. The van der Waals surface area contributed by atoms with E-state index in [0.29, 0.717) is 13.0 Å². The van der Waals surface area contributed by atoms with Gasteiger partial charge in [0, 0.05) is 7.05 Å². The van der Waals surface area contributed by atoms with Gasteiger partial charge in [-0.1, -0.05) is 44.2 Å². The molecule has 0 aliphatic carbocycles. The van der Waals surface area contributed by atoms with Crippen molar-refractivity contribution in [3.05, 3.63) is 35.9 Å². The molecule has 0 unspecified atom stereocenters. The van der Waals surface area contributed by atoms with Gasteiger partial charge in [-0.15, -0.1) is 0 Å². The van der Waals surface area contributed by atoms with Gasteiger partial charge in [0.1, 0.15) is 17.8 Å². The highest BCUT2D eigenvalue weighted by Gasteiger charge is 2.24. The smallest absolute Gasteiger partial charge is 0.409 e. The first-order chi connectivity index (χ1) is 14.5. The van der Waals surface area contributed by atoms with Crippen LogP contribution in [0.3, 0.4) is 0 Å². The van der Waals surface area contributed by atoms with Gasteiger partial charge in [0.25, 0.3) is 0 Å². The quantitative estimate of drug-likeness (QED) is 0.421. The summed E-state index contributed by atoms with van der Waals surface area (Å²) in [5, 5.41) is 10.4. The van der Waals surface area contributed by atoms with Crippen LogP contribution in [-0.2, 0) is 20.9 Å². The van der Waals surface area contributed by atoms with E-state index in [-0.39, 0.29) is 18.4 Å². The molecule has 0 spiro atoms. The minimum absolute atomic E-state index is 0.0103. The van der Waals surface area contributed by atoms with Crippen molar-refractivity contribution in [3.8, 4) is 0 Å². The van der Waals surface area contributed by atoms with Gasteiger partial charge < -0.3 is 25.4 Å². The number of hydrogen-bond donors (Lipinski definition) is 4. The largest absolute Gasteiger partial charge is 0.444 e. The van der Waals surface area contributed by atoms with E-state index in [1.54, 1.807) is 20.8 Å². The Balaban J connectivity index is 2.74. The van der Waals surface area contributed by atoms with Crippen molar-refractivity contribution in [2.75, 3.05) is 13.7 Å². The van der Waals surface area contributed by atoms with Gasteiger partial charge >= 0.3 is 12.1 Å². The molecular formula is C22H36N4O5. The summed E-state index contributed by atoms with van der Waals surface area (Å²) in [4.78, 5) is 36.8. The number of carbonyl (C=O) groups is 3. The van der Waals surface area contributed by atoms with E-state index in [1.165, 1.54) is 7.05 Å². The van der Waals surface area contributed by atoms with Crippen LogP contribution in [0.15, 0.2) is 30.3 Å². The Labute approximate surface area is 184 Å². The highest BCUT2D eigenvalue weighted by Crippen LogP contribution is 2.07. The summed E-state index contributed by atoms with van der Waals surface area (Å²) in [6, 6.07) is 8.23. The molecule has 0 aliphatic heterocycles. The van der Waals surface area contributed by atoms with E-state index in [2.05, 4.69) is 21.3 Å². The molecule has 4 amide bonds. The molecule has 1 rings (SSSR count). The number of urea groups is 1. The summed E-state index contributed by atoms with van der Waals surface area (Å²) < 4.78 is 10.9. The van der Waals surface area contributed by atoms with E-state index in [1.807, 2.05) is 44.2 Å².